The average molecular weight is 717 g/mol. The first-order valence-corrected chi connectivity index (χ1v) is 19.2. The Morgan fingerprint density at radius 1 is 0.411 bits per heavy atom. The van der Waals surface area contributed by atoms with Crippen LogP contribution in [0.25, 0.3) is 94.7 Å². The van der Waals surface area contributed by atoms with E-state index >= 15 is 0 Å². The quantitative estimate of drug-likeness (QED) is 0.178. The summed E-state index contributed by atoms with van der Waals surface area (Å²) in [6.07, 6.45) is 0. The Hall–Kier alpha value is -7.17. The summed E-state index contributed by atoms with van der Waals surface area (Å²) in [6.45, 7) is 4.74. The van der Waals surface area contributed by atoms with Crippen LogP contribution in [0.1, 0.15) is 25.0 Å². The van der Waals surface area contributed by atoms with Gasteiger partial charge in [-0.25, -0.2) is 15.0 Å². The summed E-state index contributed by atoms with van der Waals surface area (Å²) in [5.74, 6) is 1.90. The molecule has 0 unspecified atom stereocenters. The molecule has 0 N–H and O–H groups in total. The van der Waals surface area contributed by atoms with E-state index in [1.807, 2.05) is 36.4 Å². The molecule has 4 heteroatoms. The molecule has 0 saturated heterocycles. The van der Waals surface area contributed by atoms with Crippen LogP contribution in [0.5, 0.6) is 0 Å². The summed E-state index contributed by atoms with van der Waals surface area (Å²) < 4.78 is 2.40. The van der Waals surface area contributed by atoms with Gasteiger partial charge in [-0.3, -0.25) is 0 Å². The molecule has 4 nitrogen and oxygen atoms in total. The Morgan fingerprint density at radius 2 is 0.911 bits per heavy atom. The zero-order chi connectivity index (χ0) is 37.4. The van der Waals surface area contributed by atoms with Crippen LogP contribution in [0.3, 0.4) is 0 Å². The Balaban J connectivity index is 1.26. The van der Waals surface area contributed by atoms with E-state index in [1.165, 1.54) is 49.4 Å². The van der Waals surface area contributed by atoms with Crippen molar-refractivity contribution in [3.63, 3.8) is 0 Å². The van der Waals surface area contributed by atoms with Crippen LogP contribution in [0, 0.1) is 0 Å². The number of nitrogens with zero attached hydrogens (tertiary/aromatic N) is 4. The molecule has 11 rings (SSSR count). The number of aromatic nitrogens is 4. The zero-order valence-corrected chi connectivity index (χ0v) is 31.1. The Morgan fingerprint density at radius 3 is 1.55 bits per heavy atom. The van der Waals surface area contributed by atoms with Gasteiger partial charge in [-0.05, 0) is 80.6 Å². The molecular weight excluding hydrogens is 681 g/mol. The fourth-order valence-corrected chi connectivity index (χ4v) is 9.05. The lowest BCUT2D eigenvalue weighted by atomic mass is 9.79. The fraction of sp³-hybridized carbons (Fsp3) is 0.0577. The lowest BCUT2D eigenvalue weighted by Crippen LogP contribution is -2.15. The molecule has 0 bridgehead atoms. The molecular formula is C52H36N4. The molecule has 56 heavy (non-hydrogen) atoms. The molecule has 264 valence electrons. The molecule has 1 aliphatic carbocycles. The minimum atomic E-state index is -0.182. The van der Waals surface area contributed by atoms with E-state index in [4.69, 9.17) is 15.0 Å². The van der Waals surface area contributed by atoms with Crippen molar-refractivity contribution in [2.75, 3.05) is 0 Å². The smallest absolute Gasteiger partial charge is 0.164 e. The van der Waals surface area contributed by atoms with Crippen LogP contribution in [-0.2, 0) is 5.41 Å². The molecule has 1 aliphatic rings. The number of rotatable bonds is 5. The predicted octanol–water partition coefficient (Wildman–Crippen LogP) is 13.1. The third-order valence-corrected chi connectivity index (χ3v) is 11.6. The van der Waals surface area contributed by atoms with Gasteiger partial charge in [-0.1, -0.05) is 159 Å². The van der Waals surface area contributed by atoms with Crippen molar-refractivity contribution in [2.45, 2.75) is 19.3 Å². The van der Waals surface area contributed by atoms with Crippen LogP contribution in [0.15, 0.2) is 182 Å². The number of hydrogen-bond donors (Lipinski definition) is 0. The van der Waals surface area contributed by atoms with Gasteiger partial charge in [0, 0.05) is 38.6 Å². The summed E-state index contributed by atoms with van der Waals surface area (Å²) in [4.78, 5) is 15.5. The summed E-state index contributed by atoms with van der Waals surface area (Å²) >= 11 is 0. The highest BCUT2D eigenvalue weighted by molar-refractivity contribution is 6.10. The number of benzene rings is 8. The lowest BCUT2D eigenvalue weighted by molar-refractivity contribution is 0.666. The largest absolute Gasteiger partial charge is 0.309 e. The monoisotopic (exact) mass is 716 g/mol. The first-order valence-electron chi connectivity index (χ1n) is 19.2. The maximum Gasteiger partial charge on any atom is 0.164 e. The third kappa shape index (κ3) is 4.96. The van der Waals surface area contributed by atoms with Crippen molar-refractivity contribution in [3.05, 3.63) is 193 Å². The van der Waals surface area contributed by atoms with Gasteiger partial charge in [0.25, 0.3) is 0 Å². The highest BCUT2D eigenvalue weighted by Crippen LogP contribution is 2.55. The summed E-state index contributed by atoms with van der Waals surface area (Å²) in [5.41, 5.74) is 13.6. The lowest BCUT2D eigenvalue weighted by Gasteiger charge is -2.24. The van der Waals surface area contributed by atoms with Crippen molar-refractivity contribution < 1.29 is 0 Å². The number of fused-ring (bicyclic) bond motifs is 8. The first kappa shape index (κ1) is 32.3. The summed E-state index contributed by atoms with van der Waals surface area (Å²) in [7, 11) is 0. The minimum absolute atomic E-state index is 0.182. The van der Waals surface area contributed by atoms with Crippen molar-refractivity contribution in [2.24, 2.45) is 0 Å². The fourth-order valence-electron chi connectivity index (χ4n) is 9.05. The van der Waals surface area contributed by atoms with E-state index in [0.717, 1.165) is 39.0 Å². The molecule has 0 amide bonds. The van der Waals surface area contributed by atoms with Crippen LogP contribution in [0.4, 0.5) is 0 Å². The highest BCUT2D eigenvalue weighted by atomic mass is 15.0. The minimum Gasteiger partial charge on any atom is -0.309 e. The molecule has 2 heterocycles. The second kappa shape index (κ2) is 12.4. The van der Waals surface area contributed by atoms with Crippen LogP contribution in [-0.4, -0.2) is 19.5 Å². The Bertz CT molecular complexity index is 3050. The molecule has 10 aromatic rings. The van der Waals surface area contributed by atoms with Crippen molar-refractivity contribution in [3.8, 4) is 62.1 Å². The molecule has 0 radical (unpaired) electrons. The Labute approximate surface area is 325 Å². The molecule has 0 spiro atoms. The van der Waals surface area contributed by atoms with Gasteiger partial charge in [0.1, 0.15) is 0 Å². The second-order valence-electron chi connectivity index (χ2n) is 15.2. The van der Waals surface area contributed by atoms with E-state index in [1.54, 1.807) is 0 Å². The molecule has 0 atom stereocenters. The molecule has 0 saturated carbocycles. The second-order valence-corrected chi connectivity index (χ2v) is 15.2. The maximum atomic E-state index is 5.23. The van der Waals surface area contributed by atoms with Gasteiger partial charge in [-0.2, -0.15) is 0 Å². The zero-order valence-electron chi connectivity index (χ0n) is 31.1. The van der Waals surface area contributed by atoms with E-state index in [-0.39, 0.29) is 5.41 Å². The van der Waals surface area contributed by atoms with Crippen molar-refractivity contribution in [1.29, 1.82) is 0 Å². The molecule has 0 aliphatic heterocycles. The van der Waals surface area contributed by atoms with Gasteiger partial charge in [0.05, 0.1) is 11.0 Å². The van der Waals surface area contributed by atoms with Crippen molar-refractivity contribution in [1.82, 2.24) is 19.5 Å². The molecule has 2 aromatic heterocycles. The van der Waals surface area contributed by atoms with Crippen LogP contribution >= 0.6 is 0 Å². The van der Waals surface area contributed by atoms with E-state index in [9.17, 15) is 0 Å². The SMILES string of the molecule is CC1(C)c2ccccc2-c2c(-c3cc(-c4nc(-c5ccccc5)nc(-c5ccccc5)n4)cc(-n4c5ccccc5c5ccccc54)c3)cc3ccccc3c21. The van der Waals surface area contributed by atoms with Gasteiger partial charge < -0.3 is 4.57 Å². The van der Waals surface area contributed by atoms with Gasteiger partial charge in [-0.15, -0.1) is 0 Å². The van der Waals surface area contributed by atoms with Gasteiger partial charge in [0.2, 0.25) is 0 Å². The average Bonchev–Trinajstić information content (AvgIpc) is 3.72. The Kier molecular flexibility index (Phi) is 7.17. The van der Waals surface area contributed by atoms with Crippen LogP contribution in [0.2, 0.25) is 0 Å². The maximum absolute atomic E-state index is 5.23. The molecule has 0 fully saturated rings. The van der Waals surface area contributed by atoms with E-state index < -0.39 is 0 Å². The molecule has 8 aromatic carbocycles. The number of hydrogen-bond acceptors (Lipinski definition) is 3. The van der Waals surface area contributed by atoms with Crippen LogP contribution < -0.4 is 0 Å². The predicted molar refractivity (Wildman–Crippen MR) is 231 cm³/mol. The van der Waals surface area contributed by atoms with E-state index in [2.05, 4.69) is 164 Å². The van der Waals surface area contributed by atoms with E-state index in [0.29, 0.717) is 17.5 Å². The van der Waals surface area contributed by atoms with Crippen molar-refractivity contribution >= 4 is 32.6 Å². The normalized spacial score (nSPS) is 13.0. The topological polar surface area (TPSA) is 43.6 Å². The summed E-state index contributed by atoms with van der Waals surface area (Å²) in [6, 6.07) is 64.9. The first-order chi connectivity index (χ1) is 27.5. The summed E-state index contributed by atoms with van der Waals surface area (Å²) in [5, 5.41) is 4.96. The highest BCUT2D eigenvalue weighted by Gasteiger charge is 2.38. The standard InChI is InChI=1S/C52H36N4/c1-52(2)44-26-14-11-25-42(44)47-43(32-35-21-9-10-22-39(35)48(47)52)36-29-37(31-38(30-36)56-45-27-15-12-23-40(45)41-24-13-16-28-46(41)56)51-54-49(33-17-5-3-6-18-33)53-50(55-51)34-19-7-4-8-20-34/h3-32H,1-2H3. The van der Waals surface area contributed by atoms with Gasteiger partial charge >= 0.3 is 0 Å². The number of para-hydroxylation sites is 2. The van der Waals surface area contributed by atoms with Gasteiger partial charge in [0.15, 0.2) is 17.5 Å². The third-order valence-electron chi connectivity index (χ3n) is 11.6.